The van der Waals surface area contributed by atoms with Gasteiger partial charge in [-0.3, -0.25) is 14.9 Å². The number of nitro benzene ring substituents is 1. The molecule has 0 saturated carbocycles. The number of nitrogens with zero attached hydrogens (tertiary/aromatic N) is 2. The summed E-state index contributed by atoms with van der Waals surface area (Å²) in [6, 6.07) is 2.95. The van der Waals surface area contributed by atoms with Crippen molar-refractivity contribution in [3.8, 4) is 0 Å². The molecule has 1 saturated heterocycles. The van der Waals surface area contributed by atoms with E-state index in [0.717, 1.165) is 12.1 Å². The molecule has 0 aromatic heterocycles. The highest BCUT2D eigenvalue weighted by molar-refractivity contribution is 5.94. The van der Waals surface area contributed by atoms with Crippen molar-refractivity contribution in [2.45, 2.75) is 12.5 Å². The minimum absolute atomic E-state index is 0.00201. The maximum absolute atomic E-state index is 13.5. The fourth-order valence-corrected chi connectivity index (χ4v) is 2.14. The maximum Gasteiger partial charge on any atom is 0.404 e. The van der Waals surface area contributed by atoms with Crippen molar-refractivity contribution in [2.75, 3.05) is 13.1 Å². The molecule has 2 rings (SSSR count). The molecule has 1 aliphatic heterocycles. The molecule has 0 aliphatic carbocycles. The van der Waals surface area contributed by atoms with Crippen LogP contribution in [0.3, 0.4) is 0 Å². The van der Waals surface area contributed by atoms with Gasteiger partial charge in [0, 0.05) is 24.6 Å². The van der Waals surface area contributed by atoms with E-state index in [-0.39, 0.29) is 12.1 Å². The van der Waals surface area contributed by atoms with Gasteiger partial charge in [0.15, 0.2) is 0 Å². The molecule has 1 fully saturated rings. The molecule has 2 N–H and O–H groups in total. The van der Waals surface area contributed by atoms with Crippen molar-refractivity contribution in [1.82, 2.24) is 4.90 Å². The predicted octanol–water partition coefficient (Wildman–Crippen LogP) is 1.04. The van der Waals surface area contributed by atoms with E-state index in [1.807, 2.05) is 0 Å². The van der Waals surface area contributed by atoms with Gasteiger partial charge >= 0.3 is 11.8 Å². The summed E-state index contributed by atoms with van der Waals surface area (Å²) in [5.41, 5.74) is 4.20. The van der Waals surface area contributed by atoms with Crippen LogP contribution in [0.25, 0.3) is 0 Å². The Morgan fingerprint density at radius 2 is 2.19 bits per heavy atom. The van der Waals surface area contributed by atoms with E-state index in [1.165, 1.54) is 11.0 Å². The van der Waals surface area contributed by atoms with E-state index in [9.17, 15) is 24.1 Å². The van der Waals surface area contributed by atoms with Crippen molar-refractivity contribution in [3.63, 3.8) is 0 Å². The van der Waals surface area contributed by atoms with E-state index < -0.39 is 34.5 Å². The maximum atomic E-state index is 13.5. The minimum Gasteiger partial charge on any atom is -0.444 e. The van der Waals surface area contributed by atoms with Crippen molar-refractivity contribution in [3.05, 3.63) is 39.7 Å². The smallest absolute Gasteiger partial charge is 0.404 e. The average Bonchev–Trinajstić information content (AvgIpc) is 2.84. The van der Waals surface area contributed by atoms with Crippen LogP contribution in [0.2, 0.25) is 0 Å². The summed E-state index contributed by atoms with van der Waals surface area (Å²) >= 11 is 0. The standard InChI is InChI=1S/C12H12FN3O5/c13-9-5-7(1-2-10(9)16(19)20)11(17)15-4-3-8(6-15)21-12(14)18/h1-2,5,8H,3-4,6H2,(H2,14,18). The van der Waals surface area contributed by atoms with Gasteiger partial charge < -0.3 is 15.4 Å². The van der Waals surface area contributed by atoms with E-state index in [2.05, 4.69) is 0 Å². The lowest BCUT2D eigenvalue weighted by atomic mass is 10.1. The number of likely N-dealkylation sites (tertiary alicyclic amines) is 1. The Balaban J connectivity index is 2.09. The number of benzene rings is 1. The number of carbonyl (C=O) groups excluding carboxylic acids is 2. The molecule has 0 radical (unpaired) electrons. The van der Waals surface area contributed by atoms with Gasteiger partial charge in [-0.25, -0.2) is 4.79 Å². The van der Waals surface area contributed by atoms with E-state index >= 15 is 0 Å². The van der Waals surface area contributed by atoms with Gasteiger partial charge in [-0.1, -0.05) is 0 Å². The Kier molecular flexibility index (Phi) is 4.01. The molecule has 0 bridgehead atoms. The zero-order valence-corrected chi connectivity index (χ0v) is 10.8. The third kappa shape index (κ3) is 3.25. The normalized spacial score (nSPS) is 17.6. The van der Waals surface area contributed by atoms with E-state index in [0.29, 0.717) is 13.0 Å². The van der Waals surface area contributed by atoms with Crippen LogP contribution in [0.1, 0.15) is 16.8 Å². The number of nitrogens with two attached hydrogens (primary N) is 1. The van der Waals surface area contributed by atoms with E-state index in [4.69, 9.17) is 10.5 Å². The lowest BCUT2D eigenvalue weighted by Crippen LogP contribution is -2.31. The number of primary amides is 1. The van der Waals surface area contributed by atoms with Gasteiger partial charge in [-0.05, 0) is 12.1 Å². The molecule has 8 nitrogen and oxygen atoms in total. The van der Waals surface area contributed by atoms with Crippen LogP contribution in [0.4, 0.5) is 14.9 Å². The Labute approximate surface area is 118 Å². The van der Waals surface area contributed by atoms with Crippen molar-refractivity contribution >= 4 is 17.7 Å². The van der Waals surface area contributed by atoms with Gasteiger partial charge in [0.25, 0.3) is 5.91 Å². The van der Waals surface area contributed by atoms with Crippen LogP contribution in [-0.2, 0) is 4.74 Å². The molecule has 0 spiro atoms. The second kappa shape index (κ2) is 5.73. The quantitative estimate of drug-likeness (QED) is 0.661. The average molecular weight is 297 g/mol. The van der Waals surface area contributed by atoms with Crippen LogP contribution in [0.5, 0.6) is 0 Å². The number of carbonyl (C=O) groups is 2. The lowest BCUT2D eigenvalue weighted by Gasteiger charge is -2.16. The Bertz CT molecular complexity index is 607. The summed E-state index contributed by atoms with van der Waals surface area (Å²) in [5, 5.41) is 10.5. The third-order valence-electron chi connectivity index (χ3n) is 3.11. The van der Waals surface area contributed by atoms with E-state index in [1.54, 1.807) is 0 Å². The summed E-state index contributed by atoms with van der Waals surface area (Å²) in [6.45, 7) is 0.482. The molecule has 9 heteroatoms. The van der Waals surface area contributed by atoms with Gasteiger partial charge in [-0.2, -0.15) is 4.39 Å². The summed E-state index contributed by atoms with van der Waals surface area (Å²) in [4.78, 5) is 33.8. The Hall–Kier alpha value is -2.71. The second-order valence-electron chi connectivity index (χ2n) is 4.52. The predicted molar refractivity (Wildman–Crippen MR) is 68.0 cm³/mol. The molecule has 1 aromatic carbocycles. The zero-order valence-electron chi connectivity index (χ0n) is 10.8. The molecule has 21 heavy (non-hydrogen) atoms. The minimum atomic E-state index is -1.07. The van der Waals surface area contributed by atoms with Crippen LogP contribution < -0.4 is 5.73 Å². The van der Waals surface area contributed by atoms with Gasteiger partial charge in [-0.15, -0.1) is 0 Å². The fourth-order valence-electron chi connectivity index (χ4n) is 2.14. The number of rotatable bonds is 3. The molecule has 1 aromatic rings. The SMILES string of the molecule is NC(=O)OC1CCN(C(=O)c2ccc([N+](=O)[O-])c(F)c2)C1. The fraction of sp³-hybridized carbons (Fsp3) is 0.333. The first-order valence-corrected chi connectivity index (χ1v) is 6.08. The summed E-state index contributed by atoms with van der Waals surface area (Å²) in [7, 11) is 0. The topological polar surface area (TPSA) is 116 Å². The summed E-state index contributed by atoms with van der Waals surface area (Å²) in [5.74, 6) is -1.56. The highest BCUT2D eigenvalue weighted by Gasteiger charge is 2.29. The first-order chi connectivity index (χ1) is 9.88. The highest BCUT2D eigenvalue weighted by atomic mass is 19.1. The van der Waals surface area contributed by atoms with Crippen molar-refractivity contribution in [2.24, 2.45) is 5.73 Å². The molecule has 1 atom stereocenters. The lowest BCUT2D eigenvalue weighted by molar-refractivity contribution is -0.387. The summed E-state index contributed by atoms with van der Waals surface area (Å²) < 4.78 is 18.3. The van der Waals surface area contributed by atoms with Crippen molar-refractivity contribution < 1.29 is 23.6 Å². The molecule has 112 valence electrons. The monoisotopic (exact) mass is 297 g/mol. The number of hydrogen-bond acceptors (Lipinski definition) is 5. The van der Waals surface area contributed by atoms with Crippen molar-refractivity contribution in [1.29, 1.82) is 0 Å². The van der Waals surface area contributed by atoms with Gasteiger partial charge in [0.05, 0.1) is 11.5 Å². The molecular formula is C12H12FN3O5. The molecule has 2 amide bonds. The Morgan fingerprint density at radius 1 is 1.48 bits per heavy atom. The molecule has 1 heterocycles. The van der Waals surface area contributed by atoms with Crippen LogP contribution in [-0.4, -0.2) is 41.0 Å². The number of halogens is 1. The highest BCUT2D eigenvalue weighted by Crippen LogP contribution is 2.21. The number of amides is 2. The zero-order chi connectivity index (χ0) is 15.6. The first-order valence-electron chi connectivity index (χ1n) is 6.08. The molecule has 1 unspecified atom stereocenters. The third-order valence-corrected chi connectivity index (χ3v) is 3.11. The van der Waals surface area contributed by atoms with Crippen LogP contribution in [0, 0.1) is 15.9 Å². The largest absolute Gasteiger partial charge is 0.444 e. The Morgan fingerprint density at radius 3 is 2.76 bits per heavy atom. The van der Waals surface area contributed by atoms with Gasteiger partial charge in [0.1, 0.15) is 6.10 Å². The second-order valence-corrected chi connectivity index (χ2v) is 4.52. The number of nitro groups is 1. The number of hydrogen-bond donors (Lipinski definition) is 1. The van der Waals surface area contributed by atoms with Crippen LogP contribution >= 0.6 is 0 Å². The molecular weight excluding hydrogens is 285 g/mol. The molecule has 1 aliphatic rings. The first kappa shape index (κ1) is 14.7. The summed E-state index contributed by atoms with van der Waals surface area (Å²) in [6.07, 6.45) is -0.977. The van der Waals surface area contributed by atoms with Crippen LogP contribution in [0.15, 0.2) is 18.2 Å². The van der Waals surface area contributed by atoms with Gasteiger partial charge in [0.2, 0.25) is 5.82 Å². The number of ether oxygens (including phenoxy) is 1.